The lowest BCUT2D eigenvalue weighted by Gasteiger charge is -2.64. The Bertz CT molecular complexity index is 781. The molecule has 0 amide bonds. The van der Waals surface area contributed by atoms with Crippen molar-refractivity contribution in [3.05, 3.63) is 0 Å². The molecule has 0 aromatic carbocycles. The molecule has 6 aliphatic carbocycles. The highest BCUT2D eigenvalue weighted by molar-refractivity contribution is 5.73. The van der Waals surface area contributed by atoms with Gasteiger partial charge in [-0.2, -0.15) is 0 Å². The van der Waals surface area contributed by atoms with Crippen molar-refractivity contribution >= 4 is 5.97 Å². The van der Waals surface area contributed by atoms with E-state index in [0.717, 1.165) is 44.4 Å². The second-order valence-electron chi connectivity index (χ2n) is 12.3. The summed E-state index contributed by atoms with van der Waals surface area (Å²) in [5, 5.41) is 22.2. The molecule has 4 nitrogen and oxygen atoms in total. The molecule has 7 fully saturated rings. The van der Waals surface area contributed by atoms with Crippen molar-refractivity contribution in [1.29, 1.82) is 0 Å². The van der Waals surface area contributed by atoms with Gasteiger partial charge in [0.2, 0.25) is 0 Å². The van der Waals surface area contributed by atoms with Gasteiger partial charge in [-0.05, 0) is 85.9 Å². The van der Waals surface area contributed by atoms with E-state index >= 15 is 0 Å². The molecule has 0 radical (unpaired) electrons. The highest BCUT2D eigenvalue weighted by Crippen LogP contribution is 2.83. The Morgan fingerprint density at radius 2 is 1.71 bits per heavy atom. The third-order valence-corrected chi connectivity index (χ3v) is 11.8. The van der Waals surface area contributed by atoms with Gasteiger partial charge in [0.05, 0.1) is 11.7 Å². The summed E-state index contributed by atoms with van der Waals surface area (Å²) in [5.41, 5.74) is -0.751. The third-order valence-electron chi connectivity index (χ3n) is 11.8. The predicted molar refractivity (Wildman–Crippen MR) is 102 cm³/mol. The van der Waals surface area contributed by atoms with E-state index in [9.17, 15) is 15.0 Å². The van der Waals surface area contributed by atoms with Gasteiger partial charge in [-0.15, -0.1) is 0 Å². The van der Waals surface area contributed by atoms with E-state index < -0.39 is 5.60 Å². The van der Waals surface area contributed by atoms with E-state index in [1.807, 2.05) is 0 Å². The minimum atomic E-state index is -0.663. The van der Waals surface area contributed by atoms with Crippen LogP contribution in [-0.4, -0.2) is 33.5 Å². The normalized spacial score (nSPS) is 68.4. The van der Waals surface area contributed by atoms with Crippen molar-refractivity contribution in [2.75, 3.05) is 0 Å². The largest absolute Gasteiger partial charge is 0.458 e. The number of rotatable bonds is 0. The average molecular weight is 387 g/mol. The fourth-order valence-corrected chi connectivity index (χ4v) is 10.5. The van der Waals surface area contributed by atoms with Gasteiger partial charge >= 0.3 is 5.97 Å². The zero-order valence-corrected chi connectivity index (χ0v) is 17.2. The predicted octanol–water partition coefficient (Wildman–Crippen LogP) is 3.29. The van der Waals surface area contributed by atoms with Crippen LogP contribution in [0.4, 0.5) is 0 Å². The number of esters is 1. The Morgan fingerprint density at radius 3 is 2.46 bits per heavy atom. The smallest absolute Gasteiger partial charge is 0.306 e. The first-order valence-corrected chi connectivity index (χ1v) is 11.9. The van der Waals surface area contributed by atoms with E-state index in [1.54, 1.807) is 0 Å². The maximum Gasteiger partial charge on any atom is 0.306 e. The highest BCUT2D eigenvalue weighted by atomic mass is 16.6. The van der Waals surface area contributed by atoms with Crippen LogP contribution in [0, 0.1) is 52.3 Å². The number of fused-ring (bicyclic) bond motifs is 12. The van der Waals surface area contributed by atoms with Gasteiger partial charge in [-0.3, -0.25) is 4.79 Å². The van der Waals surface area contributed by atoms with Crippen LogP contribution >= 0.6 is 0 Å². The van der Waals surface area contributed by atoms with Crippen LogP contribution in [0.3, 0.4) is 0 Å². The van der Waals surface area contributed by atoms with E-state index in [2.05, 4.69) is 13.8 Å². The zero-order chi connectivity index (χ0) is 19.3. The molecule has 0 bridgehead atoms. The van der Waals surface area contributed by atoms with Gasteiger partial charge in [-0.25, -0.2) is 0 Å². The number of aliphatic hydroxyl groups is 2. The van der Waals surface area contributed by atoms with E-state index in [1.165, 1.54) is 6.42 Å². The number of hydrogen-bond acceptors (Lipinski definition) is 4. The summed E-state index contributed by atoms with van der Waals surface area (Å²) < 4.78 is 6.21. The van der Waals surface area contributed by atoms with Crippen LogP contribution in [0.15, 0.2) is 0 Å². The highest BCUT2D eigenvalue weighted by Gasteiger charge is 2.82. The second-order valence-corrected chi connectivity index (χ2v) is 12.3. The molecule has 1 heterocycles. The molecule has 1 aliphatic heterocycles. The van der Waals surface area contributed by atoms with Crippen molar-refractivity contribution in [2.45, 2.75) is 88.9 Å². The Kier molecular flexibility index (Phi) is 2.85. The maximum absolute atomic E-state index is 12.2. The van der Waals surface area contributed by atoms with Crippen LogP contribution in [0.25, 0.3) is 0 Å². The van der Waals surface area contributed by atoms with Gasteiger partial charge < -0.3 is 14.9 Å². The molecule has 5 unspecified atom stereocenters. The summed E-state index contributed by atoms with van der Waals surface area (Å²) in [5.74, 6) is 4.33. The monoisotopic (exact) mass is 386 g/mol. The van der Waals surface area contributed by atoms with Crippen LogP contribution in [0.1, 0.15) is 71.6 Å². The standard InChI is InChI=1S/C24H34O4/c1-21-6-3-12(25)11-23(21,27)16-9-13(16)19-15(21)4-7-22(2)20(19)14-10-17(14)24(22)8-5-18(26)28-24/h12-17,19-20,25,27H,3-11H2,1-2H3/t12-,13-,14?,15?,16+,17-,19?,20?,21+,22-,23+,24?/m0/s1. The molecule has 1 saturated heterocycles. The van der Waals surface area contributed by atoms with E-state index in [4.69, 9.17) is 4.74 Å². The molecule has 7 aliphatic rings. The first-order chi connectivity index (χ1) is 13.3. The molecule has 2 N–H and O–H groups in total. The SMILES string of the molecule is C[C@]12CCC3C(C1C1C[C@@H]1C21CCC(=O)O1)[C@H]1C[C@H]1[C@]1(O)C[C@@H](O)CC[C@]31C. The molecular formula is C24H34O4. The molecule has 1 spiro atoms. The fraction of sp³-hybridized carbons (Fsp3) is 0.958. The summed E-state index contributed by atoms with van der Waals surface area (Å²) in [7, 11) is 0. The molecule has 4 heteroatoms. The van der Waals surface area contributed by atoms with Gasteiger partial charge in [0, 0.05) is 24.2 Å². The van der Waals surface area contributed by atoms with Gasteiger partial charge in [0.1, 0.15) is 5.60 Å². The molecule has 28 heavy (non-hydrogen) atoms. The Labute approximate surface area is 167 Å². The summed E-state index contributed by atoms with van der Waals surface area (Å²) in [6, 6.07) is 0. The third kappa shape index (κ3) is 1.59. The lowest BCUT2D eigenvalue weighted by molar-refractivity contribution is -0.237. The molecule has 0 aromatic rings. The van der Waals surface area contributed by atoms with Gasteiger partial charge in [0.15, 0.2) is 0 Å². The number of carbonyl (C=O) groups excluding carboxylic acids is 1. The number of carbonyl (C=O) groups is 1. The quantitative estimate of drug-likeness (QED) is 0.627. The molecule has 12 atom stereocenters. The zero-order valence-electron chi connectivity index (χ0n) is 17.2. The first kappa shape index (κ1) is 17.1. The molecule has 154 valence electrons. The van der Waals surface area contributed by atoms with Crippen molar-refractivity contribution in [2.24, 2.45) is 52.3 Å². The molecule has 0 aromatic heterocycles. The average Bonchev–Trinajstić information content (AvgIpc) is 3.54. The Morgan fingerprint density at radius 1 is 0.964 bits per heavy atom. The Hall–Kier alpha value is -0.610. The molecule has 7 rings (SSSR count). The van der Waals surface area contributed by atoms with Gasteiger partial charge in [-0.1, -0.05) is 13.8 Å². The number of hydrogen-bond donors (Lipinski definition) is 2. The molecular weight excluding hydrogens is 352 g/mol. The van der Waals surface area contributed by atoms with Crippen LogP contribution in [0.5, 0.6) is 0 Å². The van der Waals surface area contributed by atoms with Crippen LogP contribution in [-0.2, 0) is 9.53 Å². The number of aliphatic hydroxyl groups excluding tert-OH is 1. The minimum Gasteiger partial charge on any atom is -0.458 e. The van der Waals surface area contributed by atoms with Crippen LogP contribution < -0.4 is 0 Å². The fourth-order valence-electron chi connectivity index (χ4n) is 10.5. The lowest BCUT2D eigenvalue weighted by atomic mass is 9.42. The van der Waals surface area contributed by atoms with Gasteiger partial charge in [0.25, 0.3) is 0 Å². The summed E-state index contributed by atoms with van der Waals surface area (Å²) >= 11 is 0. The summed E-state index contributed by atoms with van der Waals surface area (Å²) in [6.07, 6.45) is 8.33. The summed E-state index contributed by atoms with van der Waals surface area (Å²) in [6.45, 7) is 4.82. The number of ether oxygens (including phenoxy) is 1. The topological polar surface area (TPSA) is 66.8 Å². The first-order valence-electron chi connectivity index (χ1n) is 11.9. The van der Waals surface area contributed by atoms with E-state index in [0.29, 0.717) is 48.3 Å². The summed E-state index contributed by atoms with van der Waals surface area (Å²) in [4.78, 5) is 12.2. The van der Waals surface area contributed by atoms with E-state index in [-0.39, 0.29) is 28.5 Å². The maximum atomic E-state index is 12.2. The minimum absolute atomic E-state index is 0.0326. The lowest BCUT2D eigenvalue weighted by Crippen LogP contribution is -2.65. The van der Waals surface area contributed by atoms with Crippen LogP contribution in [0.2, 0.25) is 0 Å². The van der Waals surface area contributed by atoms with Crippen molar-refractivity contribution < 1.29 is 19.7 Å². The van der Waals surface area contributed by atoms with Crippen molar-refractivity contribution in [3.8, 4) is 0 Å². The Balaban J connectivity index is 1.32. The van der Waals surface area contributed by atoms with Crippen molar-refractivity contribution in [1.82, 2.24) is 0 Å². The van der Waals surface area contributed by atoms with Crippen molar-refractivity contribution in [3.63, 3.8) is 0 Å². The second kappa shape index (κ2) is 4.66. The molecule has 6 saturated carbocycles.